The molecule has 0 fully saturated rings. The van der Waals surface area contributed by atoms with Crippen LogP contribution >= 0.6 is 11.6 Å². The molecule has 0 radical (unpaired) electrons. The van der Waals surface area contributed by atoms with Gasteiger partial charge in [-0.15, -0.1) is 0 Å². The molecule has 1 N–H and O–H groups in total. The summed E-state index contributed by atoms with van der Waals surface area (Å²) in [6, 6.07) is 20.2. The van der Waals surface area contributed by atoms with Crippen molar-refractivity contribution in [2.45, 2.75) is 26.7 Å². The fraction of sp³-hybridized carbons (Fsp3) is 0.185. The molecule has 168 valence electrons. The van der Waals surface area contributed by atoms with E-state index in [0.717, 1.165) is 16.2 Å². The summed E-state index contributed by atoms with van der Waals surface area (Å²) in [5.41, 5.74) is 4.44. The molecule has 3 aromatic carbocycles. The van der Waals surface area contributed by atoms with E-state index >= 15 is 0 Å². The Bertz CT molecular complexity index is 1250. The lowest BCUT2D eigenvalue weighted by Gasteiger charge is -2.18. The minimum atomic E-state index is -0.468. The Balaban J connectivity index is 1.82. The first kappa shape index (κ1) is 22.6. The second kappa shape index (κ2) is 9.12. The zero-order chi connectivity index (χ0) is 23.7. The first-order valence-electron chi connectivity index (χ1n) is 10.7. The highest BCUT2D eigenvalue weighted by molar-refractivity contribution is 6.46. The highest BCUT2D eigenvalue weighted by atomic mass is 35.5. The maximum Gasteiger partial charge on any atom is 0.282 e. The maximum atomic E-state index is 13.6. The lowest BCUT2D eigenvalue weighted by atomic mass is 10.0. The van der Waals surface area contributed by atoms with Crippen LogP contribution in [-0.4, -0.2) is 18.9 Å². The average Bonchev–Trinajstić information content (AvgIpc) is 3.04. The van der Waals surface area contributed by atoms with Crippen molar-refractivity contribution in [3.05, 3.63) is 94.1 Å². The third-order valence-electron chi connectivity index (χ3n) is 5.65. The molecule has 0 saturated carbocycles. The topological polar surface area (TPSA) is 58.6 Å². The molecule has 0 spiro atoms. The Morgan fingerprint density at radius 1 is 0.909 bits per heavy atom. The summed E-state index contributed by atoms with van der Waals surface area (Å²) in [7, 11) is 1.49. The minimum Gasteiger partial charge on any atom is -0.495 e. The van der Waals surface area contributed by atoms with E-state index in [9.17, 15) is 9.59 Å². The highest BCUT2D eigenvalue weighted by Crippen LogP contribution is 2.39. The number of halogens is 1. The number of hydrogen-bond acceptors (Lipinski definition) is 4. The summed E-state index contributed by atoms with van der Waals surface area (Å²) in [5.74, 6) is -0.136. The van der Waals surface area contributed by atoms with Crippen molar-refractivity contribution in [2.75, 3.05) is 17.3 Å². The van der Waals surface area contributed by atoms with Gasteiger partial charge in [-0.1, -0.05) is 67.4 Å². The SMILES string of the molecule is COc1ccc(Cl)cc1N1C(=O)C(Nc2ccc(C(C)C)cc2)=C(c2ccc(C)cc2)C1=O. The lowest BCUT2D eigenvalue weighted by Crippen LogP contribution is -2.32. The summed E-state index contributed by atoms with van der Waals surface area (Å²) in [6.45, 7) is 6.21. The number of nitrogens with one attached hydrogen (secondary N) is 1. The number of methoxy groups -OCH3 is 1. The van der Waals surface area contributed by atoms with E-state index in [1.165, 1.54) is 12.7 Å². The van der Waals surface area contributed by atoms with Gasteiger partial charge in [-0.2, -0.15) is 0 Å². The number of carbonyl (C=O) groups excluding carboxylic acids is 2. The number of rotatable bonds is 6. The molecule has 33 heavy (non-hydrogen) atoms. The molecule has 1 aliphatic rings. The van der Waals surface area contributed by atoms with Crippen LogP contribution in [0.4, 0.5) is 11.4 Å². The molecular weight excluding hydrogens is 436 g/mol. The molecule has 4 rings (SSSR count). The number of nitrogens with zero attached hydrogens (tertiary/aromatic N) is 1. The van der Waals surface area contributed by atoms with Crippen LogP contribution in [0.2, 0.25) is 5.02 Å². The fourth-order valence-corrected chi connectivity index (χ4v) is 3.95. The van der Waals surface area contributed by atoms with Gasteiger partial charge < -0.3 is 10.1 Å². The molecule has 0 atom stereocenters. The van der Waals surface area contributed by atoms with Crippen LogP contribution in [-0.2, 0) is 9.59 Å². The first-order valence-corrected chi connectivity index (χ1v) is 11.1. The van der Waals surface area contributed by atoms with Crippen molar-refractivity contribution in [1.82, 2.24) is 0 Å². The summed E-state index contributed by atoms with van der Waals surface area (Å²) < 4.78 is 5.41. The summed E-state index contributed by atoms with van der Waals surface area (Å²) in [4.78, 5) is 28.4. The van der Waals surface area contributed by atoms with Gasteiger partial charge in [-0.25, -0.2) is 4.90 Å². The second-order valence-corrected chi connectivity index (χ2v) is 8.72. The summed E-state index contributed by atoms with van der Waals surface area (Å²) in [5, 5.41) is 3.59. The van der Waals surface area contributed by atoms with Crippen molar-refractivity contribution >= 4 is 40.4 Å². The number of aryl methyl sites for hydroxylation is 1. The number of imide groups is 1. The van der Waals surface area contributed by atoms with Gasteiger partial charge in [0.05, 0.1) is 18.4 Å². The van der Waals surface area contributed by atoms with Crippen molar-refractivity contribution in [2.24, 2.45) is 0 Å². The van der Waals surface area contributed by atoms with Crippen LogP contribution in [0.25, 0.3) is 5.57 Å². The third-order valence-corrected chi connectivity index (χ3v) is 5.89. The van der Waals surface area contributed by atoms with Gasteiger partial charge in [0.2, 0.25) is 0 Å². The number of carbonyl (C=O) groups is 2. The molecule has 2 amide bonds. The Morgan fingerprint density at radius 3 is 2.18 bits per heavy atom. The summed E-state index contributed by atoms with van der Waals surface area (Å²) in [6.07, 6.45) is 0. The molecule has 0 saturated heterocycles. The predicted molar refractivity (Wildman–Crippen MR) is 133 cm³/mol. The lowest BCUT2D eigenvalue weighted by molar-refractivity contribution is -0.120. The van der Waals surface area contributed by atoms with Crippen LogP contribution < -0.4 is 15.0 Å². The molecule has 6 heteroatoms. The summed E-state index contributed by atoms with van der Waals surface area (Å²) >= 11 is 6.19. The van der Waals surface area contributed by atoms with Gasteiger partial charge in [-0.05, 0) is 54.3 Å². The molecule has 0 aliphatic carbocycles. The standard InChI is InChI=1S/C27H25ClN2O3/c1-16(2)18-9-12-21(13-10-18)29-25-24(19-7-5-17(3)6-8-19)26(31)30(27(25)32)22-15-20(28)11-14-23(22)33-4/h5-16,29H,1-4H3. The van der Waals surface area contributed by atoms with Crippen molar-refractivity contribution in [1.29, 1.82) is 0 Å². The van der Waals surface area contributed by atoms with Gasteiger partial charge in [0, 0.05) is 10.7 Å². The van der Waals surface area contributed by atoms with Gasteiger partial charge in [0.25, 0.3) is 11.8 Å². The molecule has 0 aromatic heterocycles. The van der Waals surface area contributed by atoms with Gasteiger partial charge in [-0.3, -0.25) is 9.59 Å². The van der Waals surface area contributed by atoms with E-state index < -0.39 is 11.8 Å². The molecule has 1 heterocycles. The first-order chi connectivity index (χ1) is 15.8. The normalized spacial score (nSPS) is 13.8. The quantitative estimate of drug-likeness (QED) is 0.446. The Hall–Kier alpha value is -3.57. The van der Waals surface area contributed by atoms with Crippen LogP contribution in [0, 0.1) is 6.92 Å². The number of anilines is 2. The molecule has 0 bridgehead atoms. The number of benzene rings is 3. The monoisotopic (exact) mass is 460 g/mol. The van der Waals surface area contributed by atoms with Gasteiger partial charge in [0.15, 0.2) is 0 Å². The van der Waals surface area contributed by atoms with E-state index in [2.05, 4.69) is 19.2 Å². The second-order valence-electron chi connectivity index (χ2n) is 8.28. The van der Waals surface area contributed by atoms with Crippen molar-refractivity contribution in [3.8, 4) is 5.75 Å². The molecular formula is C27H25ClN2O3. The van der Waals surface area contributed by atoms with Crippen LogP contribution in [0.3, 0.4) is 0 Å². The van der Waals surface area contributed by atoms with E-state index in [4.69, 9.17) is 16.3 Å². The zero-order valence-electron chi connectivity index (χ0n) is 19.0. The number of ether oxygens (including phenoxy) is 1. The van der Waals surface area contributed by atoms with Crippen LogP contribution in [0.5, 0.6) is 5.75 Å². The predicted octanol–water partition coefficient (Wildman–Crippen LogP) is 6.18. The van der Waals surface area contributed by atoms with Gasteiger partial charge >= 0.3 is 0 Å². The Morgan fingerprint density at radius 2 is 1.58 bits per heavy atom. The number of amides is 2. The average molecular weight is 461 g/mol. The molecule has 3 aromatic rings. The van der Waals surface area contributed by atoms with Crippen LogP contribution in [0.15, 0.2) is 72.4 Å². The van der Waals surface area contributed by atoms with Crippen molar-refractivity contribution < 1.29 is 14.3 Å². The third kappa shape index (κ3) is 4.37. The van der Waals surface area contributed by atoms with E-state index in [-0.39, 0.29) is 5.70 Å². The van der Waals surface area contributed by atoms with Gasteiger partial charge in [0.1, 0.15) is 11.4 Å². The zero-order valence-corrected chi connectivity index (χ0v) is 19.7. The van der Waals surface area contributed by atoms with E-state index in [1.807, 2.05) is 55.5 Å². The molecule has 1 aliphatic heterocycles. The fourth-order valence-electron chi connectivity index (χ4n) is 3.79. The number of hydrogen-bond donors (Lipinski definition) is 1. The molecule has 5 nitrogen and oxygen atoms in total. The molecule has 0 unspecified atom stereocenters. The Labute approximate surface area is 198 Å². The van der Waals surface area contributed by atoms with E-state index in [1.54, 1.807) is 18.2 Å². The van der Waals surface area contributed by atoms with E-state index in [0.29, 0.717) is 33.5 Å². The largest absolute Gasteiger partial charge is 0.495 e. The smallest absolute Gasteiger partial charge is 0.282 e. The maximum absolute atomic E-state index is 13.6. The van der Waals surface area contributed by atoms with Crippen LogP contribution in [0.1, 0.15) is 36.5 Å². The highest BCUT2D eigenvalue weighted by Gasteiger charge is 2.41. The minimum absolute atomic E-state index is 0.211. The van der Waals surface area contributed by atoms with Crippen molar-refractivity contribution in [3.63, 3.8) is 0 Å². The Kier molecular flexibility index (Phi) is 6.25.